The van der Waals surface area contributed by atoms with E-state index in [1.807, 2.05) is 25.3 Å². The number of nitrogens with zero attached hydrogens (tertiary/aromatic N) is 2. The number of halogens is 1. The van der Waals surface area contributed by atoms with Gasteiger partial charge in [0.05, 0.1) is 4.47 Å². The first-order chi connectivity index (χ1) is 10.5. The number of hydrazine groups is 1. The van der Waals surface area contributed by atoms with Gasteiger partial charge in [-0.25, -0.2) is 9.97 Å². The number of carbonyl (C=O) groups excluding carboxylic acids is 2. The second-order valence-corrected chi connectivity index (χ2v) is 5.90. The highest BCUT2D eigenvalue weighted by atomic mass is 79.9. The molecule has 0 spiro atoms. The summed E-state index contributed by atoms with van der Waals surface area (Å²) in [6.45, 7) is 1.82. The van der Waals surface area contributed by atoms with Crippen LogP contribution in [0.3, 0.4) is 0 Å². The van der Waals surface area contributed by atoms with E-state index in [1.54, 1.807) is 12.1 Å². The number of hydrogen-bond donors (Lipinski definition) is 2. The van der Waals surface area contributed by atoms with Crippen LogP contribution in [0.5, 0.6) is 0 Å². The summed E-state index contributed by atoms with van der Waals surface area (Å²) in [5, 5.41) is 0.471. The van der Waals surface area contributed by atoms with Crippen molar-refractivity contribution in [2.24, 2.45) is 0 Å². The minimum Gasteiger partial charge on any atom is -0.267 e. The molecule has 0 saturated carbocycles. The Kier molecular flexibility index (Phi) is 5.51. The van der Waals surface area contributed by atoms with Crippen LogP contribution in [0.15, 0.2) is 40.1 Å². The second-order valence-electron chi connectivity index (χ2n) is 4.28. The molecule has 22 heavy (non-hydrogen) atoms. The zero-order valence-corrected chi connectivity index (χ0v) is 14.3. The summed E-state index contributed by atoms with van der Waals surface area (Å²) < 4.78 is 0.452. The van der Waals surface area contributed by atoms with Crippen molar-refractivity contribution in [1.82, 2.24) is 20.8 Å². The maximum Gasteiger partial charge on any atom is 0.289 e. The van der Waals surface area contributed by atoms with Crippen LogP contribution in [0.25, 0.3) is 0 Å². The molecule has 8 heteroatoms. The van der Waals surface area contributed by atoms with E-state index in [4.69, 9.17) is 0 Å². The molecule has 0 bridgehead atoms. The van der Waals surface area contributed by atoms with Gasteiger partial charge in [0.1, 0.15) is 5.69 Å². The third-order valence-corrected chi connectivity index (χ3v) is 3.94. The Morgan fingerprint density at radius 3 is 2.55 bits per heavy atom. The van der Waals surface area contributed by atoms with Crippen molar-refractivity contribution >= 4 is 39.5 Å². The zero-order chi connectivity index (χ0) is 16.1. The smallest absolute Gasteiger partial charge is 0.267 e. The van der Waals surface area contributed by atoms with Crippen LogP contribution in [-0.4, -0.2) is 28.0 Å². The van der Waals surface area contributed by atoms with Gasteiger partial charge in [-0.1, -0.05) is 30.0 Å². The molecule has 2 aromatic rings. The molecule has 1 heterocycles. The topological polar surface area (TPSA) is 84.0 Å². The van der Waals surface area contributed by atoms with Crippen molar-refractivity contribution in [2.45, 2.75) is 12.1 Å². The highest BCUT2D eigenvalue weighted by Crippen LogP contribution is 2.16. The number of aromatic nitrogens is 2. The Labute approximate surface area is 140 Å². The summed E-state index contributed by atoms with van der Waals surface area (Å²) >= 11 is 4.54. The predicted molar refractivity (Wildman–Crippen MR) is 87.6 cm³/mol. The van der Waals surface area contributed by atoms with Gasteiger partial charge in [0.2, 0.25) is 0 Å². The average Bonchev–Trinajstić information content (AvgIpc) is 2.53. The van der Waals surface area contributed by atoms with E-state index in [0.29, 0.717) is 15.2 Å². The highest BCUT2D eigenvalue weighted by molar-refractivity contribution is 9.10. The molecular formula is C14H13BrN4O2S. The van der Waals surface area contributed by atoms with Gasteiger partial charge >= 0.3 is 0 Å². The Morgan fingerprint density at radius 1 is 1.18 bits per heavy atom. The van der Waals surface area contributed by atoms with E-state index in [9.17, 15) is 9.59 Å². The first kappa shape index (κ1) is 16.4. The van der Waals surface area contributed by atoms with Gasteiger partial charge in [0.25, 0.3) is 11.8 Å². The molecule has 0 fully saturated rings. The van der Waals surface area contributed by atoms with Gasteiger partial charge in [-0.05, 0) is 40.7 Å². The van der Waals surface area contributed by atoms with E-state index in [0.717, 1.165) is 5.56 Å². The number of thioether (sulfide) groups is 1. The Bertz CT molecular complexity index is 724. The fraction of sp³-hybridized carbons (Fsp3) is 0.143. The molecule has 2 rings (SSSR count). The molecule has 0 unspecified atom stereocenters. The second kappa shape index (κ2) is 7.37. The zero-order valence-electron chi connectivity index (χ0n) is 11.9. The third-order valence-electron chi connectivity index (χ3n) is 2.80. The molecule has 0 atom stereocenters. The van der Waals surface area contributed by atoms with Gasteiger partial charge in [-0.2, -0.15) is 0 Å². The maximum atomic E-state index is 12.1. The molecule has 2 N–H and O–H groups in total. The Morgan fingerprint density at radius 2 is 1.86 bits per heavy atom. The van der Waals surface area contributed by atoms with Crippen LogP contribution in [-0.2, 0) is 0 Å². The maximum absolute atomic E-state index is 12.1. The molecule has 0 aliphatic carbocycles. The van der Waals surface area contributed by atoms with Gasteiger partial charge in [-0.15, -0.1) is 0 Å². The first-order valence-corrected chi connectivity index (χ1v) is 8.27. The fourth-order valence-electron chi connectivity index (χ4n) is 1.68. The quantitative estimate of drug-likeness (QED) is 0.485. The van der Waals surface area contributed by atoms with Gasteiger partial charge in [0.15, 0.2) is 5.16 Å². The van der Waals surface area contributed by atoms with Crippen LogP contribution in [0.2, 0.25) is 0 Å². The van der Waals surface area contributed by atoms with Crippen molar-refractivity contribution in [3.05, 3.63) is 51.8 Å². The Hall–Kier alpha value is -1.93. The van der Waals surface area contributed by atoms with Crippen molar-refractivity contribution < 1.29 is 9.59 Å². The normalized spacial score (nSPS) is 10.1. The molecule has 6 nitrogen and oxygen atoms in total. The summed E-state index contributed by atoms with van der Waals surface area (Å²) in [6, 6.07) is 7.11. The molecule has 114 valence electrons. The molecule has 0 aliphatic heterocycles. The third kappa shape index (κ3) is 3.83. The monoisotopic (exact) mass is 380 g/mol. The van der Waals surface area contributed by atoms with E-state index < -0.39 is 5.91 Å². The van der Waals surface area contributed by atoms with Crippen LogP contribution in [0.1, 0.15) is 26.4 Å². The number of hydrogen-bond acceptors (Lipinski definition) is 5. The van der Waals surface area contributed by atoms with Gasteiger partial charge in [0, 0.05) is 11.8 Å². The van der Waals surface area contributed by atoms with Crippen LogP contribution < -0.4 is 10.9 Å². The van der Waals surface area contributed by atoms with Gasteiger partial charge in [-0.3, -0.25) is 20.4 Å². The largest absolute Gasteiger partial charge is 0.289 e. The lowest BCUT2D eigenvalue weighted by Crippen LogP contribution is -2.42. The van der Waals surface area contributed by atoms with Crippen LogP contribution in [0.4, 0.5) is 0 Å². The van der Waals surface area contributed by atoms with Gasteiger partial charge < -0.3 is 0 Å². The first-order valence-electron chi connectivity index (χ1n) is 6.25. The standard InChI is InChI=1S/C14H13BrN4O2S/c1-8-5-3-4-6-9(8)12(20)18-19-13(21)11-10(15)7-16-14(17-11)22-2/h3-7H,1-2H3,(H,18,20)(H,19,21). The minimum atomic E-state index is -0.522. The number of nitrogens with one attached hydrogen (secondary N) is 2. The summed E-state index contributed by atoms with van der Waals surface area (Å²) in [5.74, 6) is -0.909. The van der Waals surface area contributed by atoms with Crippen molar-refractivity contribution in [1.29, 1.82) is 0 Å². The Balaban J connectivity index is 2.07. The number of carbonyl (C=O) groups is 2. The lowest BCUT2D eigenvalue weighted by atomic mass is 10.1. The number of amides is 2. The molecule has 2 amide bonds. The van der Waals surface area contributed by atoms with E-state index in [1.165, 1.54) is 18.0 Å². The SMILES string of the molecule is CSc1ncc(Br)c(C(=O)NNC(=O)c2ccccc2C)n1. The van der Waals surface area contributed by atoms with Crippen molar-refractivity contribution in [3.63, 3.8) is 0 Å². The molecule has 0 aliphatic rings. The van der Waals surface area contributed by atoms with Crippen molar-refractivity contribution in [3.8, 4) is 0 Å². The highest BCUT2D eigenvalue weighted by Gasteiger charge is 2.15. The summed E-state index contributed by atoms with van der Waals surface area (Å²) in [5.41, 5.74) is 6.20. The molecule has 0 saturated heterocycles. The van der Waals surface area contributed by atoms with E-state index >= 15 is 0 Å². The minimum absolute atomic E-state index is 0.157. The lowest BCUT2D eigenvalue weighted by Gasteiger charge is -2.09. The van der Waals surface area contributed by atoms with Crippen molar-refractivity contribution in [2.75, 3.05) is 6.26 Å². The summed E-state index contributed by atoms with van der Waals surface area (Å²) in [6.07, 6.45) is 3.31. The van der Waals surface area contributed by atoms with E-state index in [2.05, 4.69) is 36.7 Å². The summed E-state index contributed by atoms with van der Waals surface area (Å²) in [7, 11) is 0. The molecule has 0 radical (unpaired) electrons. The van der Waals surface area contributed by atoms with E-state index in [-0.39, 0.29) is 11.6 Å². The predicted octanol–water partition coefficient (Wildman–Crippen LogP) is 2.34. The molecule has 1 aromatic carbocycles. The summed E-state index contributed by atoms with van der Waals surface area (Å²) in [4.78, 5) is 32.3. The number of rotatable bonds is 3. The molecule has 1 aromatic heterocycles. The number of aryl methyl sites for hydroxylation is 1. The van der Waals surface area contributed by atoms with Crippen LogP contribution in [0, 0.1) is 6.92 Å². The average molecular weight is 381 g/mol. The lowest BCUT2D eigenvalue weighted by molar-refractivity contribution is 0.0842. The van der Waals surface area contributed by atoms with Crippen LogP contribution >= 0.6 is 27.7 Å². The molecular weight excluding hydrogens is 368 g/mol. The fourth-order valence-corrected chi connectivity index (χ4v) is 2.39. The number of benzene rings is 1.